The van der Waals surface area contributed by atoms with Crippen LogP contribution < -0.4 is 4.74 Å². The molecule has 3 heteroatoms. The summed E-state index contributed by atoms with van der Waals surface area (Å²) < 4.78 is 10.8. The minimum atomic E-state index is 0.525. The molecule has 0 spiro atoms. The Morgan fingerprint density at radius 1 is 1.18 bits per heavy atom. The Bertz CT molecular complexity index is 309. The molecular formula is C14H22O2S. The van der Waals surface area contributed by atoms with Crippen molar-refractivity contribution >= 4 is 12.6 Å². The molecule has 1 unspecified atom stereocenters. The number of hydrogen-bond acceptors (Lipinski definition) is 3. The summed E-state index contributed by atoms with van der Waals surface area (Å²) in [6, 6.07) is 7.97. The van der Waals surface area contributed by atoms with E-state index in [1.807, 2.05) is 24.3 Å². The normalized spacial score (nSPS) is 12.8. The summed E-state index contributed by atoms with van der Waals surface area (Å²) in [5.41, 5.74) is 1.17. The predicted octanol–water partition coefficient (Wildman–Crippen LogP) is 3.41. The molecule has 0 radical (unpaired) electrons. The highest BCUT2D eigenvalue weighted by Gasteiger charge is 2.11. The third-order valence-corrected chi connectivity index (χ3v) is 3.41. The van der Waals surface area contributed by atoms with Gasteiger partial charge in [0, 0.05) is 0 Å². The Balaban J connectivity index is 2.34. The van der Waals surface area contributed by atoms with E-state index in [0.29, 0.717) is 18.4 Å². The maximum absolute atomic E-state index is 5.72. The third-order valence-electron chi connectivity index (χ3n) is 2.94. The van der Waals surface area contributed by atoms with E-state index in [1.54, 1.807) is 7.11 Å². The zero-order valence-electron chi connectivity index (χ0n) is 10.8. The molecule has 1 atom stereocenters. The van der Waals surface area contributed by atoms with Gasteiger partial charge in [0.25, 0.3) is 0 Å². The van der Waals surface area contributed by atoms with Crippen LogP contribution in [0.1, 0.15) is 19.4 Å². The van der Waals surface area contributed by atoms with Crippen LogP contribution in [0.4, 0.5) is 0 Å². The second kappa shape index (κ2) is 7.62. The first-order valence-corrected chi connectivity index (χ1v) is 6.62. The van der Waals surface area contributed by atoms with Crippen LogP contribution in [0, 0.1) is 11.8 Å². The van der Waals surface area contributed by atoms with Gasteiger partial charge in [-0.25, -0.2) is 0 Å². The van der Waals surface area contributed by atoms with Crippen LogP contribution >= 0.6 is 12.6 Å². The van der Waals surface area contributed by atoms with Crippen molar-refractivity contribution in [1.82, 2.24) is 0 Å². The summed E-state index contributed by atoms with van der Waals surface area (Å²) in [6.45, 7) is 5.84. The summed E-state index contributed by atoms with van der Waals surface area (Å²) in [6.07, 6.45) is 0. The third kappa shape index (κ3) is 5.00. The van der Waals surface area contributed by atoms with Crippen LogP contribution in [0.5, 0.6) is 5.75 Å². The molecule has 0 bridgehead atoms. The molecule has 0 saturated heterocycles. The van der Waals surface area contributed by atoms with E-state index in [1.165, 1.54) is 5.56 Å². The van der Waals surface area contributed by atoms with Gasteiger partial charge >= 0.3 is 0 Å². The van der Waals surface area contributed by atoms with Gasteiger partial charge in [-0.05, 0) is 35.3 Å². The molecule has 0 amide bonds. The lowest BCUT2D eigenvalue weighted by Crippen LogP contribution is -2.17. The zero-order valence-corrected chi connectivity index (χ0v) is 11.7. The lowest BCUT2D eigenvalue weighted by molar-refractivity contribution is 0.0797. The highest BCUT2D eigenvalue weighted by atomic mass is 32.1. The van der Waals surface area contributed by atoms with E-state index in [-0.39, 0.29) is 0 Å². The molecule has 0 saturated carbocycles. The molecule has 17 heavy (non-hydrogen) atoms. The van der Waals surface area contributed by atoms with Gasteiger partial charge in [0.05, 0.1) is 20.3 Å². The van der Waals surface area contributed by atoms with Gasteiger partial charge in [-0.1, -0.05) is 26.0 Å². The van der Waals surface area contributed by atoms with Crippen LogP contribution in [0.15, 0.2) is 24.3 Å². The molecule has 0 fully saturated rings. The summed E-state index contributed by atoms with van der Waals surface area (Å²) in [7, 11) is 1.67. The van der Waals surface area contributed by atoms with E-state index in [2.05, 4.69) is 26.5 Å². The standard InChI is InChI=1S/C14H22O2S/c1-11(2)13(10-17)9-16-8-12-4-6-14(15-3)7-5-12/h4-7,11,13,17H,8-10H2,1-3H3. The SMILES string of the molecule is COc1ccc(COCC(CS)C(C)C)cc1. The Morgan fingerprint density at radius 3 is 2.29 bits per heavy atom. The number of rotatable bonds is 7. The van der Waals surface area contributed by atoms with Gasteiger partial charge < -0.3 is 9.47 Å². The maximum Gasteiger partial charge on any atom is 0.118 e. The van der Waals surface area contributed by atoms with E-state index in [0.717, 1.165) is 18.1 Å². The van der Waals surface area contributed by atoms with Crippen LogP contribution in [-0.4, -0.2) is 19.5 Å². The average molecular weight is 254 g/mol. The van der Waals surface area contributed by atoms with Crippen molar-refractivity contribution in [3.8, 4) is 5.75 Å². The molecule has 0 aromatic heterocycles. The minimum absolute atomic E-state index is 0.525. The fourth-order valence-electron chi connectivity index (χ4n) is 1.51. The highest BCUT2D eigenvalue weighted by Crippen LogP contribution is 2.15. The molecule has 0 aliphatic rings. The van der Waals surface area contributed by atoms with Gasteiger partial charge in [0.2, 0.25) is 0 Å². The van der Waals surface area contributed by atoms with E-state index in [9.17, 15) is 0 Å². The number of methoxy groups -OCH3 is 1. The maximum atomic E-state index is 5.72. The Kier molecular flexibility index (Phi) is 6.45. The Hall–Kier alpha value is -0.670. The van der Waals surface area contributed by atoms with Gasteiger partial charge in [-0.15, -0.1) is 0 Å². The molecule has 96 valence electrons. The van der Waals surface area contributed by atoms with Crippen molar-refractivity contribution in [1.29, 1.82) is 0 Å². The summed E-state index contributed by atoms with van der Waals surface area (Å²) >= 11 is 4.34. The second-order valence-electron chi connectivity index (χ2n) is 4.55. The predicted molar refractivity (Wildman–Crippen MR) is 74.8 cm³/mol. The van der Waals surface area contributed by atoms with Crippen molar-refractivity contribution in [2.24, 2.45) is 11.8 Å². The van der Waals surface area contributed by atoms with Crippen molar-refractivity contribution in [3.05, 3.63) is 29.8 Å². The van der Waals surface area contributed by atoms with Gasteiger partial charge in [0.15, 0.2) is 0 Å². The van der Waals surface area contributed by atoms with E-state index < -0.39 is 0 Å². The summed E-state index contributed by atoms with van der Waals surface area (Å²) in [5, 5.41) is 0. The van der Waals surface area contributed by atoms with Gasteiger partial charge in [-0.3, -0.25) is 0 Å². The summed E-state index contributed by atoms with van der Waals surface area (Å²) in [5.74, 6) is 2.89. The molecule has 1 aromatic carbocycles. The molecule has 0 aliphatic heterocycles. The fraction of sp³-hybridized carbons (Fsp3) is 0.571. The number of hydrogen-bond donors (Lipinski definition) is 1. The monoisotopic (exact) mass is 254 g/mol. The van der Waals surface area contributed by atoms with Crippen molar-refractivity contribution < 1.29 is 9.47 Å². The van der Waals surface area contributed by atoms with Gasteiger partial charge in [-0.2, -0.15) is 12.6 Å². The number of ether oxygens (including phenoxy) is 2. The molecule has 0 heterocycles. The van der Waals surface area contributed by atoms with Crippen LogP contribution in [-0.2, 0) is 11.3 Å². The number of thiol groups is 1. The van der Waals surface area contributed by atoms with Crippen LogP contribution in [0.25, 0.3) is 0 Å². The molecule has 2 nitrogen and oxygen atoms in total. The first kappa shape index (κ1) is 14.4. The lowest BCUT2D eigenvalue weighted by Gasteiger charge is -2.18. The summed E-state index contributed by atoms with van der Waals surface area (Å²) in [4.78, 5) is 0. The second-order valence-corrected chi connectivity index (χ2v) is 4.92. The average Bonchev–Trinajstić information content (AvgIpc) is 2.35. The lowest BCUT2D eigenvalue weighted by atomic mass is 9.99. The highest BCUT2D eigenvalue weighted by molar-refractivity contribution is 7.80. The van der Waals surface area contributed by atoms with Crippen molar-refractivity contribution in [2.45, 2.75) is 20.5 Å². The molecule has 0 N–H and O–H groups in total. The largest absolute Gasteiger partial charge is 0.497 e. The van der Waals surface area contributed by atoms with Crippen LogP contribution in [0.2, 0.25) is 0 Å². The topological polar surface area (TPSA) is 18.5 Å². The van der Waals surface area contributed by atoms with E-state index >= 15 is 0 Å². The molecular weight excluding hydrogens is 232 g/mol. The minimum Gasteiger partial charge on any atom is -0.497 e. The zero-order chi connectivity index (χ0) is 12.7. The Morgan fingerprint density at radius 2 is 1.82 bits per heavy atom. The smallest absolute Gasteiger partial charge is 0.118 e. The van der Waals surface area contributed by atoms with Crippen molar-refractivity contribution in [2.75, 3.05) is 19.5 Å². The van der Waals surface area contributed by atoms with E-state index in [4.69, 9.17) is 9.47 Å². The number of benzene rings is 1. The molecule has 1 rings (SSSR count). The van der Waals surface area contributed by atoms with Crippen LogP contribution in [0.3, 0.4) is 0 Å². The first-order valence-electron chi connectivity index (χ1n) is 5.99. The van der Waals surface area contributed by atoms with Crippen molar-refractivity contribution in [3.63, 3.8) is 0 Å². The quantitative estimate of drug-likeness (QED) is 0.752. The Labute approximate surface area is 110 Å². The van der Waals surface area contributed by atoms with Gasteiger partial charge in [0.1, 0.15) is 5.75 Å². The molecule has 0 aliphatic carbocycles. The molecule has 1 aromatic rings. The fourth-order valence-corrected chi connectivity index (χ4v) is 2.03. The first-order chi connectivity index (χ1) is 8.17.